The predicted molar refractivity (Wildman–Crippen MR) is 116 cm³/mol. The Hall–Kier alpha value is -3.73. The van der Waals surface area contributed by atoms with Crippen LogP contribution in [0.25, 0.3) is 5.57 Å². The third-order valence-electron chi connectivity index (χ3n) is 5.12. The molecule has 0 unspecified atom stereocenters. The third-order valence-corrected chi connectivity index (χ3v) is 5.12. The summed E-state index contributed by atoms with van der Waals surface area (Å²) in [6.45, 7) is 1.84. The fourth-order valence-electron chi connectivity index (χ4n) is 3.57. The van der Waals surface area contributed by atoms with E-state index in [0.717, 1.165) is 28.3 Å². The average molecular weight is 401 g/mol. The number of hydrogen-bond donors (Lipinski definition) is 0. The van der Waals surface area contributed by atoms with Gasteiger partial charge in [0, 0.05) is 11.3 Å². The van der Waals surface area contributed by atoms with E-state index in [2.05, 4.69) is 0 Å². The van der Waals surface area contributed by atoms with Crippen molar-refractivity contribution < 1.29 is 19.0 Å². The van der Waals surface area contributed by atoms with Crippen molar-refractivity contribution >= 4 is 17.2 Å². The highest BCUT2D eigenvalue weighted by atomic mass is 16.5. The Morgan fingerprint density at radius 3 is 1.93 bits per heavy atom. The standard InChI is InChI=1S/C25H23NO4/c1-17-23(18-7-5-4-6-8-18)24(27)26(20-11-15-22(29-3)16-12-20)25(30-17)19-9-13-21(28-2)14-10-19/h4-16,25H,1-3H3/t25-/m0/s1. The van der Waals surface area contributed by atoms with Crippen molar-refractivity contribution in [3.05, 3.63) is 95.7 Å². The maximum atomic E-state index is 13.7. The fourth-order valence-corrected chi connectivity index (χ4v) is 3.57. The van der Waals surface area contributed by atoms with Crippen molar-refractivity contribution in [2.75, 3.05) is 19.1 Å². The molecule has 152 valence electrons. The van der Waals surface area contributed by atoms with Crippen molar-refractivity contribution in [1.29, 1.82) is 0 Å². The number of hydrogen-bond acceptors (Lipinski definition) is 4. The van der Waals surface area contributed by atoms with Crippen LogP contribution < -0.4 is 14.4 Å². The maximum Gasteiger partial charge on any atom is 0.265 e. The van der Waals surface area contributed by atoms with Gasteiger partial charge in [0.2, 0.25) is 6.23 Å². The number of amides is 1. The van der Waals surface area contributed by atoms with Gasteiger partial charge in [0.15, 0.2) is 0 Å². The number of carbonyl (C=O) groups is 1. The van der Waals surface area contributed by atoms with Crippen LogP contribution in [0.1, 0.15) is 24.3 Å². The first-order valence-corrected chi connectivity index (χ1v) is 9.67. The van der Waals surface area contributed by atoms with E-state index in [1.165, 1.54) is 0 Å². The average Bonchev–Trinajstić information content (AvgIpc) is 2.80. The number of benzene rings is 3. The molecule has 4 rings (SSSR count). The first kappa shape index (κ1) is 19.6. The van der Waals surface area contributed by atoms with Gasteiger partial charge < -0.3 is 14.2 Å². The molecule has 0 aliphatic carbocycles. The smallest absolute Gasteiger partial charge is 0.265 e. The molecule has 1 aliphatic heterocycles. The third kappa shape index (κ3) is 3.62. The number of nitrogens with zero attached hydrogens (tertiary/aromatic N) is 1. The highest BCUT2D eigenvalue weighted by molar-refractivity contribution is 6.27. The van der Waals surface area contributed by atoms with Gasteiger partial charge >= 0.3 is 0 Å². The Morgan fingerprint density at radius 1 is 0.800 bits per heavy atom. The molecule has 0 saturated heterocycles. The minimum Gasteiger partial charge on any atom is -0.497 e. The van der Waals surface area contributed by atoms with Gasteiger partial charge in [-0.3, -0.25) is 9.69 Å². The van der Waals surface area contributed by atoms with Crippen LogP contribution in [-0.4, -0.2) is 20.1 Å². The predicted octanol–water partition coefficient (Wildman–Crippen LogP) is 5.20. The molecule has 1 aliphatic rings. The summed E-state index contributed by atoms with van der Waals surface area (Å²) in [4.78, 5) is 15.4. The summed E-state index contributed by atoms with van der Waals surface area (Å²) in [6, 6.07) is 24.5. The molecule has 0 N–H and O–H groups in total. The Morgan fingerprint density at radius 2 is 1.37 bits per heavy atom. The summed E-state index contributed by atoms with van der Waals surface area (Å²) in [7, 11) is 3.24. The van der Waals surface area contributed by atoms with Gasteiger partial charge in [-0.05, 0) is 61.0 Å². The van der Waals surface area contributed by atoms with E-state index < -0.39 is 6.23 Å². The molecular formula is C25H23NO4. The molecule has 0 radical (unpaired) electrons. The van der Waals surface area contributed by atoms with Gasteiger partial charge in [0.1, 0.15) is 17.3 Å². The van der Waals surface area contributed by atoms with Crippen LogP contribution in [-0.2, 0) is 9.53 Å². The first-order valence-electron chi connectivity index (χ1n) is 9.67. The van der Waals surface area contributed by atoms with Crippen LogP contribution in [0.4, 0.5) is 5.69 Å². The van der Waals surface area contributed by atoms with E-state index in [4.69, 9.17) is 14.2 Å². The molecule has 5 nitrogen and oxygen atoms in total. The zero-order valence-corrected chi connectivity index (χ0v) is 17.2. The second-order valence-electron chi connectivity index (χ2n) is 6.91. The number of carbonyl (C=O) groups excluding carboxylic acids is 1. The van der Waals surface area contributed by atoms with Gasteiger partial charge in [0.05, 0.1) is 19.8 Å². The first-order chi connectivity index (χ1) is 14.6. The molecule has 0 saturated carbocycles. The summed E-state index contributed by atoms with van der Waals surface area (Å²) in [5, 5.41) is 0. The van der Waals surface area contributed by atoms with Crippen LogP contribution in [0.3, 0.4) is 0 Å². The van der Waals surface area contributed by atoms with E-state index in [1.54, 1.807) is 19.1 Å². The number of rotatable bonds is 5. The minimum absolute atomic E-state index is 0.115. The summed E-state index contributed by atoms with van der Waals surface area (Å²) in [6.07, 6.45) is -0.593. The zero-order valence-electron chi connectivity index (χ0n) is 17.2. The van der Waals surface area contributed by atoms with Crippen molar-refractivity contribution in [3.63, 3.8) is 0 Å². The number of anilines is 1. The number of methoxy groups -OCH3 is 2. The van der Waals surface area contributed by atoms with Crippen LogP contribution in [0.5, 0.6) is 11.5 Å². The molecule has 0 fully saturated rings. The van der Waals surface area contributed by atoms with Crippen molar-refractivity contribution in [2.45, 2.75) is 13.2 Å². The van der Waals surface area contributed by atoms with Crippen molar-refractivity contribution in [2.24, 2.45) is 0 Å². The van der Waals surface area contributed by atoms with Crippen molar-refractivity contribution in [3.8, 4) is 11.5 Å². The lowest BCUT2D eigenvalue weighted by Crippen LogP contribution is -2.40. The molecule has 1 atom stereocenters. The Kier molecular flexibility index (Phi) is 5.44. The summed E-state index contributed by atoms with van der Waals surface area (Å²) in [5.74, 6) is 1.95. The lowest BCUT2D eigenvalue weighted by Gasteiger charge is -2.37. The highest BCUT2D eigenvalue weighted by Gasteiger charge is 2.37. The second kappa shape index (κ2) is 8.33. The van der Waals surface area contributed by atoms with Gasteiger partial charge in [-0.2, -0.15) is 0 Å². The minimum atomic E-state index is -0.593. The fraction of sp³-hybridized carbons (Fsp3) is 0.160. The largest absolute Gasteiger partial charge is 0.497 e. The zero-order chi connectivity index (χ0) is 21.1. The molecule has 30 heavy (non-hydrogen) atoms. The van der Waals surface area contributed by atoms with Crippen LogP contribution in [0, 0.1) is 0 Å². The normalized spacial score (nSPS) is 16.3. The molecule has 0 bridgehead atoms. The van der Waals surface area contributed by atoms with Crippen LogP contribution in [0.15, 0.2) is 84.6 Å². The topological polar surface area (TPSA) is 48.0 Å². The van der Waals surface area contributed by atoms with Gasteiger partial charge in [-0.1, -0.05) is 30.3 Å². The lowest BCUT2D eigenvalue weighted by molar-refractivity contribution is -0.117. The molecular weight excluding hydrogens is 378 g/mol. The SMILES string of the molecule is COc1ccc([C@@H]2OC(C)=C(c3ccccc3)C(=O)N2c2ccc(OC)cc2)cc1. The van der Waals surface area contributed by atoms with E-state index in [-0.39, 0.29) is 5.91 Å². The summed E-state index contributed by atoms with van der Waals surface area (Å²) in [5.41, 5.74) is 2.96. The number of allylic oxidation sites excluding steroid dienone is 1. The summed E-state index contributed by atoms with van der Waals surface area (Å²) < 4.78 is 16.9. The molecule has 3 aromatic rings. The maximum absolute atomic E-state index is 13.7. The van der Waals surface area contributed by atoms with Crippen LogP contribution >= 0.6 is 0 Å². The lowest BCUT2D eigenvalue weighted by atomic mass is 10.00. The monoisotopic (exact) mass is 401 g/mol. The Bertz CT molecular complexity index is 1060. The molecule has 1 heterocycles. The molecule has 0 spiro atoms. The van der Waals surface area contributed by atoms with Gasteiger partial charge in [-0.25, -0.2) is 0 Å². The Balaban J connectivity index is 1.82. The summed E-state index contributed by atoms with van der Waals surface area (Å²) >= 11 is 0. The van der Waals surface area contributed by atoms with E-state index in [0.29, 0.717) is 11.3 Å². The second-order valence-corrected chi connectivity index (χ2v) is 6.91. The van der Waals surface area contributed by atoms with E-state index in [1.807, 2.05) is 85.8 Å². The van der Waals surface area contributed by atoms with Crippen molar-refractivity contribution in [1.82, 2.24) is 0 Å². The highest BCUT2D eigenvalue weighted by Crippen LogP contribution is 2.40. The van der Waals surface area contributed by atoms with E-state index in [9.17, 15) is 4.79 Å². The quantitative estimate of drug-likeness (QED) is 0.590. The number of ether oxygens (including phenoxy) is 3. The van der Waals surface area contributed by atoms with Gasteiger partial charge in [0.25, 0.3) is 5.91 Å². The molecule has 3 aromatic carbocycles. The van der Waals surface area contributed by atoms with Crippen LogP contribution in [0.2, 0.25) is 0 Å². The van der Waals surface area contributed by atoms with E-state index >= 15 is 0 Å². The van der Waals surface area contributed by atoms with Gasteiger partial charge in [-0.15, -0.1) is 0 Å². The Labute approximate surface area is 176 Å². The molecule has 5 heteroatoms. The molecule has 1 amide bonds. The molecule has 0 aromatic heterocycles.